The van der Waals surface area contributed by atoms with Gasteiger partial charge in [-0.05, 0) is 43.8 Å². The number of ether oxygens (including phenoxy) is 1. The van der Waals surface area contributed by atoms with Gasteiger partial charge in [-0.15, -0.1) is 0 Å². The zero-order valence-electron chi connectivity index (χ0n) is 14.7. The summed E-state index contributed by atoms with van der Waals surface area (Å²) >= 11 is 5.63. The van der Waals surface area contributed by atoms with Crippen molar-refractivity contribution >= 4 is 23.2 Å². The molecule has 2 rings (SSSR count). The van der Waals surface area contributed by atoms with Gasteiger partial charge in [0.2, 0.25) is 5.91 Å². The van der Waals surface area contributed by atoms with Crippen molar-refractivity contribution in [1.29, 1.82) is 0 Å². The maximum atomic E-state index is 13.1. The van der Waals surface area contributed by atoms with Gasteiger partial charge in [0, 0.05) is 11.6 Å². The van der Waals surface area contributed by atoms with E-state index in [0.717, 1.165) is 17.9 Å². The number of hydrogen-bond donors (Lipinski definition) is 1. The van der Waals surface area contributed by atoms with Gasteiger partial charge in [-0.3, -0.25) is 9.69 Å². The SMILES string of the molecule is CN(CCCOc1ccccc1)CC(=O)Nc1ccc(Cl)cc1C(F)(F)F. The third-order valence-electron chi connectivity index (χ3n) is 3.67. The third-order valence-corrected chi connectivity index (χ3v) is 3.91. The van der Waals surface area contributed by atoms with E-state index in [2.05, 4.69) is 5.32 Å². The van der Waals surface area contributed by atoms with Crippen LogP contribution in [0.25, 0.3) is 0 Å². The molecule has 0 spiro atoms. The molecule has 0 aliphatic carbocycles. The molecular weight excluding hydrogens is 381 g/mol. The van der Waals surface area contributed by atoms with Crippen LogP contribution in [-0.4, -0.2) is 37.6 Å². The molecule has 146 valence electrons. The highest BCUT2D eigenvalue weighted by Gasteiger charge is 2.34. The van der Waals surface area contributed by atoms with E-state index >= 15 is 0 Å². The Labute approximate surface area is 160 Å². The standard InChI is InChI=1S/C19H20ClF3N2O2/c1-25(10-5-11-27-15-6-3-2-4-7-15)13-18(26)24-17-9-8-14(20)12-16(17)19(21,22)23/h2-4,6-9,12H,5,10-11,13H2,1H3,(H,24,26). The number of benzene rings is 2. The highest BCUT2D eigenvalue weighted by molar-refractivity contribution is 6.30. The van der Waals surface area contributed by atoms with Gasteiger partial charge < -0.3 is 10.1 Å². The number of rotatable bonds is 8. The summed E-state index contributed by atoms with van der Waals surface area (Å²) in [5.74, 6) is 0.231. The van der Waals surface area contributed by atoms with Crippen molar-refractivity contribution in [3.8, 4) is 5.75 Å². The van der Waals surface area contributed by atoms with Crippen molar-refractivity contribution in [2.75, 3.05) is 32.1 Å². The van der Waals surface area contributed by atoms with Crippen LogP contribution in [0.15, 0.2) is 48.5 Å². The van der Waals surface area contributed by atoms with Crippen LogP contribution in [0.2, 0.25) is 5.02 Å². The predicted molar refractivity (Wildman–Crippen MR) is 99.1 cm³/mol. The predicted octanol–water partition coefficient (Wildman–Crippen LogP) is 4.70. The van der Waals surface area contributed by atoms with Crippen molar-refractivity contribution in [2.45, 2.75) is 12.6 Å². The Morgan fingerprint density at radius 1 is 1.19 bits per heavy atom. The van der Waals surface area contributed by atoms with Gasteiger partial charge in [0.25, 0.3) is 0 Å². The lowest BCUT2D eigenvalue weighted by Gasteiger charge is -2.18. The Balaban J connectivity index is 1.80. The summed E-state index contributed by atoms with van der Waals surface area (Å²) < 4.78 is 44.7. The van der Waals surface area contributed by atoms with Gasteiger partial charge in [-0.25, -0.2) is 0 Å². The van der Waals surface area contributed by atoms with Crippen molar-refractivity contribution in [2.24, 2.45) is 0 Å². The molecule has 2 aromatic rings. The van der Waals surface area contributed by atoms with E-state index in [-0.39, 0.29) is 17.3 Å². The average molecular weight is 401 g/mol. The lowest BCUT2D eigenvalue weighted by atomic mass is 10.1. The Bertz CT molecular complexity index is 754. The number of hydrogen-bond acceptors (Lipinski definition) is 3. The highest BCUT2D eigenvalue weighted by atomic mass is 35.5. The topological polar surface area (TPSA) is 41.6 Å². The molecule has 0 aliphatic heterocycles. The van der Waals surface area contributed by atoms with Crippen LogP contribution in [0.4, 0.5) is 18.9 Å². The number of anilines is 1. The number of para-hydroxylation sites is 1. The Morgan fingerprint density at radius 3 is 2.56 bits per heavy atom. The highest BCUT2D eigenvalue weighted by Crippen LogP contribution is 2.36. The number of nitrogens with one attached hydrogen (secondary N) is 1. The molecule has 0 saturated heterocycles. The minimum Gasteiger partial charge on any atom is -0.494 e. The molecule has 2 aromatic carbocycles. The van der Waals surface area contributed by atoms with Gasteiger partial charge in [0.05, 0.1) is 24.4 Å². The van der Waals surface area contributed by atoms with Crippen LogP contribution in [0.1, 0.15) is 12.0 Å². The summed E-state index contributed by atoms with van der Waals surface area (Å²) in [5, 5.41) is 2.26. The molecule has 0 radical (unpaired) electrons. The largest absolute Gasteiger partial charge is 0.494 e. The number of nitrogens with zero attached hydrogens (tertiary/aromatic N) is 1. The first-order chi connectivity index (χ1) is 12.8. The molecule has 4 nitrogen and oxygen atoms in total. The minimum atomic E-state index is -4.60. The van der Waals surface area contributed by atoms with E-state index in [1.165, 1.54) is 6.07 Å². The van der Waals surface area contributed by atoms with E-state index in [1.54, 1.807) is 11.9 Å². The molecule has 0 fully saturated rings. The van der Waals surface area contributed by atoms with Gasteiger partial charge in [0.1, 0.15) is 5.75 Å². The number of amides is 1. The van der Waals surface area contributed by atoms with E-state index in [1.807, 2.05) is 30.3 Å². The summed E-state index contributed by atoms with van der Waals surface area (Å²) in [4.78, 5) is 13.8. The van der Waals surface area contributed by atoms with Crippen LogP contribution in [0.5, 0.6) is 5.75 Å². The second-order valence-electron chi connectivity index (χ2n) is 5.99. The first-order valence-electron chi connectivity index (χ1n) is 8.28. The normalized spacial score (nSPS) is 11.5. The Morgan fingerprint density at radius 2 is 1.89 bits per heavy atom. The molecule has 1 amide bonds. The second kappa shape index (κ2) is 9.62. The lowest BCUT2D eigenvalue weighted by Crippen LogP contribution is -2.32. The van der Waals surface area contributed by atoms with Gasteiger partial charge in [-0.1, -0.05) is 29.8 Å². The molecule has 0 aromatic heterocycles. The van der Waals surface area contributed by atoms with Gasteiger partial charge in [-0.2, -0.15) is 13.2 Å². The molecule has 0 aliphatic rings. The first-order valence-corrected chi connectivity index (χ1v) is 8.66. The molecule has 0 saturated carbocycles. The molecule has 0 atom stereocenters. The number of carbonyl (C=O) groups is 1. The number of carbonyl (C=O) groups excluding carboxylic acids is 1. The molecule has 27 heavy (non-hydrogen) atoms. The van der Waals surface area contributed by atoms with E-state index in [0.29, 0.717) is 19.6 Å². The van der Waals surface area contributed by atoms with Crippen LogP contribution >= 0.6 is 11.6 Å². The van der Waals surface area contributed by atoms with Crippen molar-refractivity contribution in [3.63, 3.8) is 0 Å². The molecule has 0 heterocycles. The van der Waals surface area contributed by atoms with Crippen molar-refractivity contribution in [3.05, 3.63) is 59.1 Å². The Kier molecular flexibility index (Phi) is 7.50. The molecule has 0 bridgehead atoms. The fraction of sp³-hybridized carbons (Fsp3) is 0.316. The fourth-order valence-corrected chi connectivity index (χ4v) is 2.59. The van der Waals surface area contributed by atoms with Crippen LogP contribution in [0, 0.1) is 0 Å². The number of alkyl halides is 3. The summed E-state index contributed by atoms with van der Waals surface area (Å²) in [5.41, 5.74) is -1.28. The minimum absolute atomic E-state index is 0.0364. The first kappa shape index (κ1) is 21.1. The number of halogens is 4. The second-order valence-corrected chi connectivity index (χ2v) is 6.43. The third kappa shape index (κ3) is 7.11. The zero-order valence-corrected chi connectivity index (χ0v) is 15.5. The maximum Gasteiger partial charge on any atom is 0.418 e. The quantitative estimate of drug-likeness (QED) is 0.653. The number of likely N-dealkylation sites (N-methyl/N-ethyl adjacent to an activating group) is 1. The van der Waals surface area contributed by atoms with Crippen LogP contribution in [-0.2, 0) is 11.0 Å². The Hall–Kier alpha value is -2.25. The summed E-state index contributed by atoms with van der Waals surface area (Å²) in [6.45, 7) is 1.00. The van der Waals surface area contributed by atoms with Crippen molar-refractivity contribution < 1.29 is 22.7 Å². The summed E-state index contributed by atoms with van der Waals surface area (Å²) in [6, 6.07) is 12.6. The van der Waals surface area contributed by atoms with Crippen molar-refractivity contribution in [1.82, 2.24) is 4.90 Å². The lowest BCUT2D eigenvalue weighted by molar-refractivity contribution is -0.137. The van der Waals surface area contributed by atoms with E-state index in [9.17, 15) is 18.0 Å². The monoisotopic (exact) mass is 400 g/mol. The smallest absolute Gasteiger partial charge is 0.418 e. The summed E-state index contributed by atoms with van der Waals surface area (Å²) in [7, 11) is 1.72. The van der Waals surface area contributed by atoms with E-state index < -0.39 is 17.6 Å². The molecule has 1 N–H and O–H groups in total. The summed E-state index contributed by atoms with van der Waals surface area (Å²) in [6.07, 6.45) is -3.93. The fourth-order valence-electron chi connectivity index (χ4n) is 2.42. The van der Waals surface area contributed by atoms with Gasteiger partial charge in [0.15, 0.2) is 0 Å². The molecule has 8 heteroatoms. The van der Waals surface area contributed by atoms with Crippen LogP contribution in [0.3, 0.4) is 0 Å². The van der Waals surface area contributed by atoms with E-state index in [4.69, 9.17) is 16.3 Å². The molecular formula is C19H20ClF3N2O2. The zero-order chi connectivity index (χ0) is 19.9. The molecule has 0 unspecified atom stereocenters. The van der Waals surface area contributed by atoms with Gasteiger partial charge >= 0.3 is 6.18 Å². The maximum absolute atomic E-state index is 13.1. The van der Waals surface area contributed by atoms with Crippen LogP contribution < -0.4 is 10.1 Å². The average Bonchev–Trinajstić information content (AvgIpc) is 2.60.